The number of carbonyl (C=O) groups excluding carboxylic acids is 2. The number of carbonyl (C=O) groups is 2. The second kappa shape index (κ2) is 19.7. The lowest BCUT2D eigenvalue weighted by atomic mass is 9.91. The molecular weight excluding hydrogens is 509 g/mol. The highest BCUT2D eigenvalue weighted by atomic mass is 31.2. The van der Waals surface area contributed by atoms with Gasteiger partial charge in [0, 0.05) is 14.1 Å². The second-order valence-corrected chi connectivity index (χ2v) is 11.8. The van der Waals surface area contributed by atoms with Gasteiger partial charge in [0.15, 0.2) is 6.79 Å². The summed E-state index contributed by atoms with van der Waals surface area (Å²) in [5.74, 6) is -0.700. The van der Waals surface area contributed by atoms with Crippen molar-refractivity contribution in [2.24, 2.45) is 11.8 Å². The Kier molecular flexibility index (Phi) is 19.0. The summed E-state index contributed by atoms with van der Waals surface area (Å²) in [6.45, 7) is 11.9. The molecule has 1 N–H and O–H groups in total. The Balaban J connectivity index is 6.03. The van der Waals surface area contributed by atoms with Crippen LogP contribution >= 0.6 is 7.82 Å². The molecule has 0 heterocycles. The SMILES string of the molecule is C/C=C/CC(C)C(OCOP(=O)(OCCCC)OCCCC)C(C(=O)NC)N(C)C(=O)C(C(C)C)N(C)C. The molecule has 11 heteroatoms. The van der Waals surface area contributed by atoms with Crippen molar-refractivity contribution >= 4 is 19.6 Å². The average molecular weight is 564 g/mol. The van der Waals surface area contributed by atoms with E-state index in [1.165, 1.54) is 11.9 Å². The summed E-state index contributed by atoms with van der Waals surface area (Å²) in [6.07, 6.45) is 6.92. The molecule has 4 atom stereocenters. The molecule has 0 spiro atoms. The van der Waals surface area contributed by atoms with Gasteiger partial charge in [0.05, 0.1) is 25.4 Å². The first kappa shape index (κ1) is 36.7. The molecule has 0 saturated carbocycles. The molecule has 38 heavy (non-hydrogen) atoms. The van der Waals surface area contributed by atoms with Crippen LogP contribution in [0.4, 0.5) is 0 Å². The number of phosphoric ester groups is 1. The molecule has 10 nitrogen and oxygen atoms in total. The molecule has 0 fully saturated rings. The molecule has 0 radical (unpaired) electrons. The van der Waals surface area contributed by atoms with Gasteiger partial charge in [0.1, 0.15) is 6.04 Å². The molecule has 0 aliphatic heterocycles. The number of nitrogens with one attached hydrogen (secondary N) is 1. The van der Waals surface area contributed by atoms with E-state index in [4.69, 9.17) is 18.3 Å². The molecule has 224 valence electrons. The van der Waals surface area contributed by atoms with Crippen LogP contribution in [0.2, 0.25) is 0 Å². The van der Waals surface area contributed by atoms with Crippen LogP contribution in [0.5, 0.6) is 0 Å². The average Bonchev–Trinajstić information content (AvgIpc) is 2.86. The minimum absolute atomic E-state index is 0.0276. The summed E-state index contributed by atoms with van der Waals surface area (Å²) in [7, 11) is 2.98. The Morgan fingerprint density at radius 3 is 1.92 bits per heavy atom. The number of hydrogen-bond acceptors (Lipinski definition) is 8. The topological polar surface area (TPSA) is 107 Å². The van der Waals surface area contributed by atoms with E-state index < -0.39 is 32.8 Å². The van der Waals surface area contributed by atoms with Gasteiger partial charge in [-0.2, -0.15) is 0 Å². The van der Waals surface area contributed by atoms with E-state index in [1.54, 1.807) is 7.05 Å². The monoisotopic (exact) mass is 563 g/mol. The van der Waals surface area contributed by atoms with E-state index in [1.807, 2.05) is 72.7 Å². The molecule has 2 amide bonds. The van der Waals surface area contributed by atoms with Crippen LogP contribution in [-0.4, -0.2) is 88.0 Å². The molecule has 0 aromatic heterocycles. The van der Waals surface area contributed by atoms with Crippen LogP contribution in [0.3, 0.4) is 0 Å². The summed E-state index contributed by atoms with van der Waals surface area (Å²) >= 11 is 0. The Morgan fingerprint density at radius 1 is 0.947 bits per heavy atom. The second-order valence-electron chi connectivity index (χ2n) is 10.1. The number of ether oxygens (including phenoxy) is 1. The third kappa shape index (κ3) is 12.7. The quantitative estimate of drug-likeness (QED) is 0.0915. The fourth-order valence-electron chi connectivity index (χ4n) is 4.12. The Labute approximate surface area is 231 Å². The van der Waals surface area contributed by atoms with Gasteiger partial charge >= 0.3 is 7.82 Å². The first-order valence-electron chi connectivity index (χ1n) is 13.8. The van der Waals surface area contributed by atoms with Gasteiger partial charge < -0.3 is 15.0 Å². The number of nitrogens with zero attached hydrogens (tertiary/aromatic N) is 2. The summed E-state index contributed by atoms with van der Waals surface area (Å²) in [6, 6.07) is -1.37. The number of allylic oxidation sites excluding steroid dienone is 2. The molecule has 0 aromatic carbocycles. The Bertz CT molecular complexity index is 726. The number of amides is 2. The Morgan fingerprint density at radius 2 is 1.50 bits per heavy atom. The summed E-state index contributed by atoms with van der Waals surface area (Å²) in [4.78, 5) is 30.1. The van der Waals surface area contributed by atoms with Crippen molar-refractivity contribution in [1.82, 2.24) is 15.1 Å². The maximum Gasteiger partial charge on any atom is 0.476 e. The van der Waals surface area contributed by atoms with Crippen molar-refractivity contribution in [1.29, 1.82) is 0 Å². The fraction of sp³-hybridized carbons (Fsp3) is 0.852. The highest BCUT2D eigenvalue weighted by molar-refractivity contribution is 7.48. The molecule has 0 aromatic rings. The minimum atomic E-state index is -3.86. The maximum atomic E-state index is 13.6. The molecule has 0 bridgehead atoms. The Hall–Kier alpha value is -1.29. The summed E-state index contributed by atoms with van der Waals surface area (Å²) in [5, 5.41) is 2.68. The van der Waals surface area contributed by atoms with Crippen LogP contribution in [0.15, 0.2) is 12.2 Å². The van der Waals surface area contributed by atoms with Gasteiger partial charge in [-0.1, -0.05) is 59.6 Å². The van der Waals surface area contributed by atoms with Gasteiger partial charge in [-0.15, -0.1) is 0 Å². The highest BCUT2D eigenvalue weighted by Crippen LogP contribution is 2.49. The fourth-order valence-corrected chi connectivity index (χ4v) is 5.24. The van der Waals surface area contributed by atoms with Crippen molar-refractivity contribution in [3.05, 3.63) is 12.2 Å². The van der Waals surface area contributed by atoms with Gasteiger partial charge in [0.2, 0.25) is 11.8 Å². The van der Waals surface area contributed by atoms with Gasteiger partial charge in [-0.05, 0) is 52.1 Å². The van der Waals surface area contributed by atoms with Crippen molar-refractivity contribution in [3.8, 4) is 0 Å². The molecule has 0 aliphatic rings. The lowest BCUT2D eigenvalue weighted by molar-refractivity contribution is -0.156. The molecule has 0 saturated heterocycles. The molecule has 0 rings (SSSR count). The predicted octanol–water partition coefficient (Wildman–Crippen LogP) is 4.85. The lowest BCUT2D eigenvalue weighted by Gasteiger charge is -2.39. The van der Waals surface area contributed by atoms with E-state index in [2.05, 4.69) is 5.32 Å². The lowest BCUT2D eigenvalue weighted by Crippen LogP contribution is -2.59. The molecule has 4 unspecified atom stereocenters. The van der Waals surface area contributed by atoms with Crippen LogP contribution in [0, 0.1) is 11.8 Å². The van der Waals surface area contributed by atoms with E-state index >= 15 is 0 Å². The third-order valence-electron chi connectivity index (χ3n) is 6.30. The van der Waals surface area contributed by atoms with E-state index in [0.717, 1.165) is 12.8 Å². The number of hydrogen-bond donors (Lipinski definition) is 1. The zero-order valence-electron chi connectivity index (χ0n) is 25.4. The number of unbranched alkanes of at least 4 members (excludes halogenated alkanes) is 2. The van der Waals surface area contributed by atoms with Crippen LogP contribution in [-0.2, 0) is 32.5 Å². The van der Waals surface area contributed by atoms with Gasteiger partial charge in [-0.3, -0.25) is 28.1 Å². The summed E-state index contributed by atoms with van der Waals surface area (Å²) in [5.41, 5.74) is 0. The van der Waals surface area contributed by atoms with E-state index in [9.17, 15) is 14.2 Å². The van der Waals surface area contributed by atoms with Crippen LogP contribution in [0.25, 0.3) is 0 Å². The highest BCUT2D eigenvalue weighted by Gasteiger charge is 2.41. The smallest absolute Gasteiger partial charge is 0.357 e. The van der Waals surface area contributed by atoms with Crippen molar-refractivity contribution in [2.45, 2.75) is 91.8 Å². The minimum Gasteiger partial charge on any atom is -0.357 e. The number of rotatable bonds is 21. The molecular formula is C27H54N3O7P. The number of likely N-dealkylation sites (N-methyl/N-ethyl adjacent to an activating group) is 3. The van der Waals surface area contributed by atoms with Gasteiger partial charge in [0.25, 0.3) is 0 Å². The standard InChI is InChI=1S/C27H54N3O7P/c1-11-14-17-22(6)25(34-20-37-38(33,35-18-15-12-2)36-19-16-13-3)24(26(31)28-7)30(10)27(32)23(21(4)5)29(8)9/h11,14,21-25H,12-13,15-20H2,1-10H3,(H,28,31)/b14-11+. The predicted molar refractivity (Wildman–Crippen MR) is 152 cm³/mol. The van der Waals surface area contributed by atoms with Crippen molar-refractivity contribution in [2.75, 3.05) is 48.2 Å². The van der Waals surface area contributed by atoms with Crippen LogP contribution < -0.4 is 5.32 Å². The van der Waals surface area contributed by atoms with E-state index in [0.29, 0.717) is 19.3 Å². The maximum absolute atomic E-state index is 13.6. The van der Waals surface area contributed by atoms with E-state index in [-0.39, 0.29) is 36.9 Å². The first-order valence-corrected chi connectivity index (χ1v) is 15.3. The molecule has 0 aliphatic carbocycles. The first-order chi connectivity index (χ1) is 17.9. The largest absolute Gasteiger partial charge is 0.476 e. The third-order valence-corrected chi connectivity index (χ3v) is 7.72. The zero-order chi connectivity index (χ0) is 29.3. The zero-order valence-corrected chi connectivity index (χ0v) is 26.3. The van der Waals surface area contributed by atoms with Gasteiger partial charge in [-0.25, -0.2) is 4.57 Å². The summed E-state index contributed by atoms with van der Waals surface area (Å²) < 4.78 is 35.9. The van der Waals surface area contributed by atoms with Crippen molar-refractivity contribution in [3.63, 3.8) is 0 Å². The van der Waals surface area contributed by atoms with Crippen molar-refractivity contribution < 1.29 is 32.5 Å². The van der Waals surface area contributed by atoms with Crippen LogP contribution in [0.1, 0.15) is 73.6 Å². The normalized spacial score (nSPS) is 15.6. The number of phosphoric acid groups is 1.